The van der Waals surface area contributed by atoms with Gasteiger partial charge in [0.2, 0.25) is 17.7 Å². The minimum atomic E-state index is -0.347. The van der Waals surface area contributed by atoms with Crippen molar-refractivity contribution in [2.45, 2.75) is 6.92 Å². The molecule has 0 saturated carbocycles. The maximum Gasteiger partial charge on any atom is 0.244 e. The molecule has 28 heavy (non-hydrogen) atoms. The first-order valence-electron chi connectivity index (χ1n) is 8.65. The molecule has 0 aliphatic carbocycles. The highest BCUT2D eigenvalue weighted by Gasteiger charge is 2.15. The van der Waals surface area contributed by atoms with E-state index in [4.69, 9.17) is 11.6 Å². The van der Waals surface area contributed by atoms with Crippen LogP contribution in [0, 0.1) is 0 Å². The van der Waals surface area contributed by atoms with Crippen LogP contribution in [0.3, 0.4) is 0 Å². The summed E-state index contributed by atoms with van der Waals surface area (Å²) in [5.74, 6) is -0.732. The number of likely N-dealkylation sites (N-methyl/N-ethyl adjacent to an activating group) is 1. The Kier molecular flexibility index (Phi) is 7.40. The monoisotopic (exact) mass is 402 g/mol. The van der Waals surface area contributed by atoms with Crippen molar-refractivity contribution in [3.05, 3.63) is 53.6 Å². The number of hydrogen-bond acceptors (Lipinski definition) is 4. The van der Waals surface area contributed by atoms with E-state index in [1.807, 2.05) is 12.1 Å². The first-order valence-corrected chi connectivity index (χ1v) is 9.03. The molecule has 0 spiro atoms. The Hall–Kier alpha value is -3.06. The van der Waals surface area contributed by atoms with Gasteiger partial charge in [0, 0.05) is 21.0 Å². The Labute approximate surface area is 169 Å². The molecule has 148 valence electrons. The molecule has 0 bridgehead atoms. The van der Waals surface area contributed by atoms with Crippen molar-refractivity contribution >= 4 is 46.4 Å². The van der Waals surface area contributed by atoms with E-state index < -0.39 is 0 Å². The summed E-state index contributed by atoms with van der Waals surface area (Å²) in [6.45, 7) is 1.34. The van der Waals surface area contributed by atoms with E-state index in [2.05, 4.69) is 10.6 Å². The molecular weight excluding hydrogens is 380 g/mol. The third kappa shape index (κ3) is 5.72. The Bertz CT molecular complexity index is 872. The highest BCUT2D eigenvalue weighted by Crippen LogP contribution is 2.24. The van der Waals surface area contributed by atoms with Gasteiger partial charge in [-0.2, -0.15) is 0 Å². The number of anilines is 3. The van der Waals surface area contributed by atoms with Crippen LogP contribution in [-0.4, -0.2) is 49.8 Å². The number of carbonyl (C=O) groups is 3. The Morgan fingerprint density at radius 1 is 0.964 bits per heavy atom. The molecule has 0 fully saturated rings. The fourth-order valence-electron chi connectivity index (χ4n) is 2.45. The van der Waals surface area contributed by atoms with Gasteiger partial charge >= 0.3 is 0 Å². The van der Waals surface area contributed by atoms with E-state index >= 15 is 0 Å². The van der Waals surface area contributed by atoms with Crippen LogP contribution in [0.15, 0.2) is 48.5 Å². The highest BCUT2D eigenvalue weighted by atomic mass is 35.5. The van der Waals surface area contributed by atoms with Crippen LogP contribution in [0.4, 0.5) is 17.1 Å². The van der Waals surface area contributed by atoms with E-state index in [1.54, 1.807) is 50.5 Å². The average Bonchev–Trinajstić information content (AvgIpc) is 2.67. The largest absolute Gasteiger partial charge is 0.374 e. The van der Waals surface area contributed by atoms with Crippen molar-refractivity contribution in [2.75, 3.05) is 42.7 Å². The zero-order valence-corrected chi connectivity index (χ0v) is 16.8. The summed E-state index contributed by atoms with van der Waals surface area (Å²) < 4.78 is 0. The van der Waals surface area contributed by atoms with Crippen molar-refractivity contribution in [3.8, 4) is 0 Å². The molecule has 2 aromatic carbocycles. The number of carbonyl (C=O) groups excluding carboxylic acids is 3. The van der Waals surface area contributed by atoms with Crippen molar-refractivity contribution in [2.24, 2.45) is 0 Å². The van der Waals surface area contributed by atoms with E-state index in [0.717, 1.165) is 0 Å². The summed E-state index contributed by atoms with van der Waals surface area (Å²) in [5.41, 5.74) is 1.82. The molecule has 0 unspecified atom stereocenters. The van der Waals surface area contributed by atoms with Crippen LogP contribution >= 0.6 is 11.6 Å². The number of rotatable bonds is 7. The molecule has 2 aromatic rings. The molecule has 0 radical (unpaired) electrons. The van der Waals surface area contributed by atoms with Gasteiger partial charge in [-0.1, -0.05) is 35.9 Å². The topological polar surface area (TPSA) is 81.8 Å². The predicted molar refractivity (Wildman–Crippen MR) is 112 cm³/mol. The smallest absolute Gasteiger partial charge is 0.244 e. The van der Waals surface area contributed by atoms with Gasteiger partial charge in [-0.05, 0) is 24.3 Å². The van der Waals surface area contributed by atoms with Crippen LogP contribution in [0.5, 0.6) is 0 Å². The van der Waals surface area contributed by atoms with Gasteiger partial charge in [0.25, 0.3) is 0 Å². The summed E-state index contributed by atoms with van der Waals surface area (Å²) in [5, 5.41) is 6.13. The lowest BCUT2D eigenvalue weighted by Crippen LogP contribution is -2.38. The molecule has 2 rings (SSSR count). The molecule has 3 amide bonds. The molecule has 0 atom stereocenters. The van der Waals surface area contributed by atoms with E-state index in [0.29, 0.717) is 22.1 Å². The summed E-state index contributed by atoms with van der Waals surface area (Å²) in [6.07, 6.45) is 0. The number of hydrogen-bond donors (Lipinski definition) is 2. The lowest BCUT2D eigenvalue weighted by molar-refractivity contribution is -0.131. The molecule has 0 saturated heterocycles. The summed E-state index contributed by atoms with van der Waals surface area (Å²) >= 11 is 6.01. The first-order chi connectivity index (χ1) is 13.3. The number of nitrogens with one attached hydrogen (secondary N) is 2. The molecule has 0 heterocycles. The van der Waals surface area contributed by atoms with Crippen molar-refractivity contribution in [1.82, 2.24) is 4.90 Å². The van der Waals surface area contributed by atoms with Crippen LogP contribution in [0.25, 0.3) is 0 Å². The second kappa shape index (κ2) is 9.75. The molecule has 7 nitrogen and oxygen atoms in total. The first kappa shape index (κ1) is 21.2. The van der Waals surface area contributed by atoms with Gasteiger partial charge in [0.05, 0.1) is 35.2 Å². The van der Waals surface area contributed by atoms with Crippen LogP contribution in [0.1, 0.15) is 6.92 Å². The number of amides is 3. The maximum absolute atomic E-state index is 12.4. The van der Waals surface area contributed by atoms with Gasteiger partial charge in [-0.3, -0.25) is 14.4 Å². The quantitative estimate of drug-likeness (QED) is 0.746. The second-order valence-electron chi connectivity index (χ2n) is 6.23. The maximum atomic E-state index is 12.4. The third-order valence-corrected chi connectivity index (χ3v) is 4.45. The van der Waals surface area contributed by atoms with Crippen molar-refractivity contribution in [3.63, 3.8) is 0 Å². The van der Waals surface area contributed by atoms with Gasteiger partial charge in [0.1, 0.15) is 0 Å². The van der Waals surface area contributed by atoms with Gasteiger partial charge < -0.3 is 20.4 Å². The minimum Gasteiger partial charge on any atom is -0.374 e. The fraction of sp³-hybridized carbons (Fsp3) is 0.250. The lowest BCUT2D eigenvalue weighted by Gasteiger charge is -2.21. The number of nitrogens with zero attached hydrogens (tertiary/aromatic N) is 2. The zero-order chi connectivity index (χ0) is 20.7. The lowest BCUT2D eigenvalue weighted by atomic mass is 10.2. The van der Waals surface area contributed by atoms with Crippen molar-refractivity contribution < 1.29 is 14.4 Å². The highest BCUT2D eigenvalue weighted by molar-refractivity contribution is 6.33. The Morgan fingerprint density at radius 3 is 2.21 bits per heavy atom. The van der Waals surface area contributed by atoms with Gasteiger partial charge in [-0.25, -0.2) is 0 Å². The molecule has 0 aliphatic rings. The van der Waals surface area contributed by atoms with E-state index in [1.165, 1.54) is 16.7 Å². The fourth-order valence-corrected chi connectivity index (χ4v) is 2.63. The molecule has 0 aromatic heterocycles. The summed E-state index contributed by atoms with van der Waals surface area (Å²) in [6, 6.07) is 14.1. The predicted octanol–water partition coefficient (Wildman–Crippen LogP) is 2.83. The minimum absolute atomic E-state index is 0.0152. The second-order valence-corrected chi connectivity index (χ2v) is 6.63. The van der Waals surface area contributed by atoms with E-state index in [9.17, 15) is 14.4 Å². The summed E-state index contributed by atoms with van der Waals surface area (Å²) in [4.78, 5) is 38.9. The third-order valence-electron chi connectivity index (χ3n) is 4.12. The molecule has 2 N–H and O–H groups in total. The molecular formula is C20H23ClN4O3. The zero-order valence-electron chi connectivity index (χ0n) is 16.0. The van der Waals surface area contributed by atoms with E-state index in [-0.39, 0.29) is 30.8 Å². The number of benzene rings is 2. The van der Waals surface area contributed by atoms with Crippen molar-refractivity contribution in [1.29, 1.82) is 0 Å². The van der Waals surface area contributed by atoms with Gasteiger partial charge in [0.15, 0.2) is 0 Å². The van der Waals surface area contributed by atoms with Gasteiger partial charge in [-0.15, -0.1) is 0 Å². The Morgan fingerprint density at radius 2 is 1.57 bits per heavy atom. The normalized spacial score (nSPS) is 10.1. The van der Waals surface area contributed by atoms with Crippen LogP contribution < -0.4 is 15.5 Å². The van der Waals surface area contributed by atoms with Crippen LogP contribution in [-0.2, 0) is 14.4 Å². The molecule has 0 aliphatic heterocycles. The number of para-hydroxylation sites is 3. The molecule has 8 heteroatoms. The van der Waals surface area contributed by atoms with Crippen LogP contribution in [0.2, 0.25) is 5.02 Å². The summed E-state index contributed by atoms with van der Waals surface area (Å²) in [7, 11) is 3.21. The Balaban J connectivity index is 1.92. The SMILES string of the molecule is CC(=O)N(C)c1ccccc1NCC(=O)N(C)CC(=O)Nc1ccccc1Cl. The number of halogens is 1. The standard InChI is InChI=1S/C20H23ClN4O3/c1-14(26)25(3)18-11-7-6-10-17(18)22-12-20(28)24(2)13-19(27)23-16-9-5-4-8-15(16)21/h4-11,22H,12-13H2,1-3H3,(H,23,27). The average molecular weight is 403 g/mol.